The Kier molecular flexibility index (Phi) is 4.65. The van der Waals surface area contributed by atoms with Gasteiger partial charge in [-0.25, -0.2) is 8.42 Å². The third-order valence-corrected chi connectivity index (χ3v) is 4.38. The number of benzene rings is 1. The standard InChI is InChI=1S/C13H17N3O5S/c1-22(20,21)12-8-10(4-5-11(12)16(18)19)14-6-7-15-13(17)9-2-3-9/h4-5,8-9,14H,2-3,6-7H2,1H3,(H,15,17). The van der Waals surface area contributed by atoms with Crippen molar-refractivity contribution in [3.05, 3.63) is 28.3 Å². The van der Waals surface area contributed by atoms with Crippen LogP contribution in [0.4, 0.5) is 11.4 Å². The van der Waals surface area contributed by atoms with E-state index in [2.05, 4.69) is 10.6 Å². The van der Waals surface area contributed by atoms with Crippen LogP contribution < -0.4 is 10.6 Å². The first-order chi connectivity index (χ1) is 10.3. The molecule has 1 aromatic rings. The van der Waals surface area contributed by atoms with Gasteiger partial charge >= 0.3 is 0 Å². The lowest BCUT2D eigenvalue weighted by Crippen LogP contribution is -2.29. The van der Waals surface area contributed by atoms with Crippen LogP contribution in [0.3, 0.4) is 0 Å². The minimum Gasteiger partial charge on any atom is -0.383 e. The number of amides is 1. The van der Waals surface area contributed by atoms with Gasteiger partial charge in [0.05, 0.1) is 4.92 Å². The van der Waals surface area contributed by atoms with Crippen molar-refractivity contribution in [3.63, 3.8) is 0 Å². The number of sulfone groups is 1. The van der Waals surface area contributed by atoms with Gasteiger partial charge in [0.2, 0.25) is 5.91 Å². The maximum Gasteiger partial charge on any atom is 0.288 e. The average molecular weight is 327 g/mol. The summed E-state index contributed by atoms with van der Waals surface area (Å²) in [5.41, 5.74) is 0.00165. The van der Waals surface area contributed by atoms with Gasteiger partial charge < -0.3 is 10.6 Å². The van der Waals surface area contributed by atoms with Crippen LogP contribution in [-0.4, -0.2) is 38.6 Å². The van der Waals surface area contributed by atoms with E-state index >= 15 is 0 Å². The minimum atomic E-state index is -3.70. The third kappa shape index (κ3) is 4.17. The zero-order valence-electron chi connectivity index (χ0n) is 12.0. The predicted molar refractivity (Wildman–Crippen MR) is 80.4 cm³/mol. The number of nitrogens with one attached hydrogen (secondary N) is 2. The second kappa shape index (κ2) is 6.30. The van der Waals surface area contributed by atoms with E-state index in [-0.39, 0.29) is 16.7 Å². The molecular formula is C13H17N3O5S. The van der Waals surface area contributed by atoms with E-state index in [4.69, 9.17) is 0 Å². The van der Waals surface area contributed by atoms with Crippen LogP contribution in [0.1, 0.15) is 12.8 Å². The fourth-order valence-electron chi connectivity index (χ4n) is 1.95. The number of rotatable bonds is 7. The molecule has 0 saturated heterocycles. The maximum absolute atomic E-state index is 11.6. The highest BCUT2D eigenvalue weighted by atomic mass is 32.2. The van der Waals surface area contributed by atoms with E-state index < -0.39 is 20.4 Å². The van der Waals surface area contributed by atoms with Gasteiger partial charge in [-0.05, 0) is 25.0 Å². The minimum absolute atomic E-state index is 0.0299. The normalized spacial score (nSPS) is 14.4. The smallest absolute Gasteiger partial charge is 0.288 e. The Labute approximate surface area is 128 Å². The molecule has 1 amide bonds. The van der Waals surface area contributed by atoms with E-state index in [1.54, 1.807) is 0 Å². The molecule has 1 aromatic carbocycles. The Morgan fingerprint density at radius 2 is 2.05 bits per heavy atom. The van der Waals surface area contributed by atoms with Crippen molar-refractivity contribution in [2.45, 2.75) is 17.7 Å². The Hall–Kier alpha value is -2.16. The molecule has 0 aliphatic heterocycles. The summed E-state index contributed by atoms with van der Waals surface area (Å²) in [4.78, 5) is 21.2. The highest BCUT2D eigenvalue weighted by Crippen LogP contribution is 2.28. The Morgan fingerprint density at radius 3 is 2.59 bits per heavy atom. The number of hydrogen-bond donors (Lipinski definition) is 2. The van der Waals surface area contributed by atoms with Crippen LogP contribution in [0.5, 0.6) is 0 Å². The summed E-state index contributed by atoms with van der Waals surface area (Å²) in [6.45, 7) is 0.806. The van der Waals surface area contributed by atoms with Crippen LogP contribution in [0, 0.1) is 16.0 Å². The van der Waals surface area contributed by atoms with Gasteiger partial charge in [-0.2, -0.15) is 0 Å². The molecule has 1 aliphatic rings. The summed E-state index contributed by atoms with van der Waals surface area (Å²) in [5.74, 6) is 0.165. The van der Waals surface area contributed by atoms with Gasteiger partial charge in [-0.3, -0.25) is 14.9 Å². The van der Waals surface area contributed by atoms with Crippen LogP contribution >= 0.6 is 0 Å². The van der Waals surface area contributed by atoms with Crippen molar-refractivity contribution in [2.24, 2.45) is 5.92 Å². The molecule has 2 rings (SSSR count). The van der Waals surface area contributed by atoms with Gasteiger partial charge in [-0.15, -0.1) is 0 Å². The number of hydrogen-bond acceptors (Lipinski definition) is 6. The fourth-order valence-corrected chi connectivity index (χ4v) is 2.82. The maximum atomic E-state index is 11.6. The molecule has 0 aromatic heterocycles. The van der Waals surface area contributed by atoms with E-state index in [9.17, 15) is 23.3 Å². The number of nitro benzene ring substituents is 1. The van der Waals surface area contributed by atoms with Crippen molar-refractivity contribution in [1.29, 1.82) is 0 Å². The lowest BCUT2D eigenvalue weighted by Gasteiger charge is -2.09. The molecule has 9 heteroatoms. The van der Waals surface area contributed by atoms with Crippen molar-refractivity contribution in [2.75, 3.05) is 24.7 Å². The molecule has 0 spiro atoms. The Balaban J connectivity index is 1.99. The molecule has 22 heavy (non-hydrogen) atoms. The summed E-state index contributed by atoms with van der Waals surface area (Å²) in [6, 6.07) is 3.83. The molecular weight excluding hydrogens is 310 g/mol. The number of carbonyl (C=O) groups excluding carboxylic acids is 1. The molecule has 0 atom stereocenters. The summed E-state index contributed by atoms with van der Waals surface area (Å²) in [7, 11) is -3.70. The third-order valence-electron chi connectivity index (χ3n) is 3.26. The molecule has 1 aliphatic carbocycles. The number of nitro groups is 1. The predicted octanol–water partition coefficient (Wildman–Crippen LogP) is 0.936. The van der Waals surface area contributed by atoms with E-state index in [0.717, 1.165) is 25.2 Å². The molecule has 1 saturated carbocycles. The lowest BCUT2D eigenvalue weighted by molar-refractivity contribution is -0.387. The van der Waals surface area contributed by atoms with Gasteiger partial charge in [0.25, 0.3) is 5.69 Å². The quantitative estimate of drug-likeness (QED) is 0.437. The molecule has 8 nitrogen and oxygen atoms in total. The summed E-state index contributed by atoms with van der Waals surface area (Å²) in [6.07, 6.45) is 2.79. The van der Waals surface area contributed by atoms with Crippen LogP contribution in [-0.2, 0) is 14.6 Å². The Morgan fingerprint density at radius 1 is 1.36 bits per heavy atom. The topological polar surface area (TPSA) is 118 Å². The highest BCUT2D eigenvalue weighted by molar-refractivity contribution is 7.90. The van der Waals surface area contributed by atoms with E-state index in [1.165, 1.54) is 12.1 Å². The first kappa shape index (κ1) is 16.2. The number of anilines is 1. The average Bonchev–Trinajstić information content (AvgIpc) is 3.26. The zero-order chi connectivity index (χ0) is 16.3. The first-order valence-corrected chi connectivity index (χ1v) is 8.68. The van der Waals surface area contributed by atoms with Crippen LogP contribution in [0.25, 0.3) is 0 Å². The fraction of sp³-hybridized carbons (Fsp3) is 0.462. The van der Waals surface area contributed by atoms with Crippen molar-refractivity contribution in [3.8, 4) is 0 Å². The molecule has 0 heterocycles. The Bertz CT molecular complexity index is 698. The molecule has 0 unspecified atom stereocenters. The second-order valence-electron chi connectivity index (χ2n) is 5.20. The summed E-state index contributed by atoms with van der Waals surface area (Å²) >= 11 is 0. The molecule has 2 N–H and O–H groups in total. The molecule has 0 radical (unpaired) electrons. The van der Waals surface area contributed by atoms with Gasteiger partial charge in [0, 0.05) is 37.0 Å². The first-order valence-electron chi connectivity index (χ1n) is 6.79. The number of carbonyl (C=O) groups is 1. The number of nitrogens with zero attached hydrogens (tertiary/aromatic N) is 1. The van der Waals surface area contributed by atoms with Crippen molar-refractivity contribution >= 4 is 27.1 Å². The molecule has 120 valence electrons. The molecule has 0 bridgehead atoms. The van der Waals surface area contributed by atoms with E-state index in [0.29, 0.717) is 18.8 Å². The van der Waals surface area contributed by atoms with Gasteiger partial charge in [-0.1, -0.05) is 0 Å². The lowest BCUT2D eigenvalue weighted by atomic mass is 10.3. The summed E-state index contributed by atoms with van der Waals surface area (Å²) in [5, 5.41) is 16.6. The van der Waals surface area contributed by atoms with Crippen molar-refractivity contribution < 1.29 is 18.1 Å². The van der Waals surface area contributed by atoms with Crippen LogP contribution in [0.2, 0.25) is 0 Å². The SMILES string of the molecule is CS(=O)(=O)c1cc(NCCNC(=O)C2CC2)ccc1[N+](=O)[O-]. The van der Waals surface area contributed by atoms with Gasteiger partial charge in [0.1, 0.15) is 4.90 Å². The monoisotopic (exact) mass is 327 g/mol. The zero-order valence-corrected chi connectivity index (χ0v) is 12.9. The van der Waals surface area contributed by atoms with Gasteiger partial charge in [0.15, 0.2) is 9.84 Å². The largest absolute Gasteiger partial charge is 0.383 e. The molecule has 1 fully saturated rings. The van der Waals surface area contributed by atoms with Crippen molar-refractivity contribution in [1.82, 2.24) is 5.32 Å². The highest BCUT2D eigenvalue weighted by Gasteiger charge is 2.29. The summed E-state index contributed by atoms with van der Waals surface area (Å²) < 4.78 is 23.2. The van der Waals surface area contributed by atoms with E-state index in [1.807, 2.05) is 0 Å². The second-order valence-corrected chi connectivity index (χ2v) is 7.19. The van der Waals surface area contributed by atoms with Crippen LogP contribution in [0.15, 0.2) is 23.1 Å².